The molecule has 1 N–H and O–H groups in total. The molecule has 0 spiro atoms. The van der Waals surface area contributed by atoms with Crippen molar-refractivity contribution in [3.8, 4) is 0 Å². The highest BCUT2D eigenvalue weighted by molar-refractivity contribution is 5.20. The molecular formula is C17H28N2. The van der Waals surface area contributed by atoms with Crippen LogP contribution in [-0.2, 0) is 0 Å². The van der Waals surface area contributed by atoms with Gasteiger partial charge in [0.25, 0.3) is 0 Å². The summed E-state index contributed by atoms with van der Waals surface area (Å²) in [4.78, 5) is 2.28. The van der Waals surface area contributed by atoms with Crippen molar-refractivity contribution in [1.29, 1.82) is 0 Å². The van der Waals surface area contributed by atoms with E-state index in [1.807, 2.05) is 0 Å². The molecule has 2 heteroatoms. The quantitative estimate of drug-likeness (QED) is 0.874. The Morgan fingerprint density at radius 1 is 1.11 bits per heavy atom. The van der Waals surface area contributed by atoms with Gasteiger partial charge in [-0.1, -0.05) is 30.3 Å². The van der Waals surface area contributed by atoms with Crippen molar-refractivity contribution in [3.63, 3.8) is 0 Å². The van der Waals surface area contributed by atoms with E-state index >= 15 is 0 Å². The molecule has 1 atom stereocenters. The van der Waals surface area contributed by atoms with Crippen molar-refractivity contribution < 1.29 is 0 Å². The van der Waals surface area contributed by atoms with E-state index in [0.29, 0.717) is 6.04 Å². The molecule has 1 aliphatic rings. The van der Waals surface area contributed by atoms with Gasteiger partial charge in [0.15, 0.2) is 0 Å². The monoisotopic (exact) mass is 260 g/mol. The van der Waals surface area contributed by atoms with Gasteiger partial charge >= 0.3 is 0 Å². The SMILES string of the molecule is CC(CNC1CCC(c2ccccc2)CC1)N(C)C. The lowest BCUT2D eigenvalue weighted by atomic mass is 9.82. The van der Waals surface area contributed by atoms with Crippen LogP contribution in [0.5, 0.6) is 0 Å². The molecule has 2 nitrogen and oxygen atoms in total. The topological polar surface area (TPSA) is 15.3 Å². The number of hydrogen-bond donors (Lipinski definition) is 1. The van der Waals surface area contributed by atoms with Crippen LogP contribution in [0.3, 0.4) is 0 Å². The van der Waals surface area contributed by atoms with Gasteiger partial charge in [0.1, 0.15) is 0 Å². The summed E-state index contributed by atoms with van der Waals surface area (Å²) in [6.07, 6.45) is 5.30. The Morgan fingerprint density at radius 2 is 1.74 bits per heavy atom. The molecular weight excluding hydrogens is 232 g/mol. The fourth-order valence-electron chi connectivity index (χ4n) is 2.88. The number of nitrogens with one attached hydrogen (secondary N) is 1. The van der Waals surface area contributed by atoms with Gasteiger partial charge in [0, 0.05) is 18.6 Å². The van der Waals surface area contributed by atoms with Crippen LogP contribution in [-0.4, -0.2) is 37.6 Å². The summed E-state index contributed by atoms with van der Waals surface area (Å²) < 4.78 is 0. The lowest BCUT2D eigenvalue weighted by Gasteiger charge is -2.31. The molecule has 1 aromatic carbocycles. The smallest absolute Gasteiger partial charge is 0.0186 e. The summed E-state index contributed by atoms with van der Waals surface area (Å²) >= 11 is 0. The Morgan fingerprint density at radius 3 is 2.32 bits per heavy atom. The summed E-state index contributed by atoms with van der Waals surface area (Å²) in [5, 5.41) is 3.73. The highest BCUT2D eigenvalue weighted by Crippen LogP contribution is 2.32. The third-order valence-corrected chi connectivity index (χ3v) is 4.58. The van der Waals surface area contributed by atoms with Crippen LogP contribution >= 0.6 is 0 Å². The Kier molecular flexibility index (Phi) is 5.41. The highest BCUT2D eigenvalue weighted by atomic mass is 15.1. The molecule has 1 unspecified atom stereocenters. The normalized spacial score (nSPS) is 25.5. The standard InChI is InChI=1S/C17H28N2/c1-14(19(2)3)13-18-17-11-9-16(10-12-17)15-7-5-4-6-8-15/h4-8,14,16-18H,9-13H2,1-3H3. The molecule has 106 valence electrons. The Labute approximate surface area is 118 Å². The maximum absolute atomic E-state index is 3.73. The molecule has 2 rings (SSSR count). The van der Waals surface area contributed by atoms with Crippen LogP contribution in [0.25, 0.3) is 0 Å². The van der Waals surface area contributed by atoms with Crippen molar-refractivity contribution in [1.82, 2.24) is 10.2 Å². The van der Waals surface area contributed by atoms with E-state index in [1.165, 1.54) is 31.2 Å². The van der Waals surface area contributed by atoms with E-state index in [0.717, 1.165) is 18.5 Å². The molecule has 0 aliphatic heterocycles. The van der Waals surface area contributed by atoms with Crippen molar-refractivity contribution >= 4 is 0 Å². The maximum atomic E-state index is 3.73. The van der Waals surface area contributed by atoms with Crippen LogP contribution in [0.1, 0.15) is 44.1 Å². The lowest BCUT2D eigenvalue weighted by molar-refractivity contribution is 0.271. The van der Waals surface area contributed by atoms with Crippen molar-refractivity contribution in [2.24, 2.45) is 0 Å². The Bertz CT molecular complexity index is 353. The summed E-state index contributed by atoms with van der Waals surface area (Å²) in [5.74, 6) is 0.783. The second kappa shape index (κ2) is 7.06. The molecule has 1 saturated carbocycles. The predicted molar refractivity (Wildman–Crippen MR) is 82.6 cm³/mol. The van der Waals surface area contributed by atoms with Gasteiger partial charge in [-0.25, -0.2) is 0 Å². The van der Waals surface area contributed by atoms with Crippen LogP contribution in [0.4, 0.5) is 0 Å². The van der Waals surface area contributed by atoms with Crippen LogP contribution in [0.2, 0.25) is 0 Å². The average Bonchev–Trinajstić information content (AvgIpc) is 2.46. The second-order valence-corrected chi connectivity index (χ2v) is 6.18. The van der Waals surface area contributed by atoms with Gasteiger partial charge in [-0.15, -0.1) is 0 Å². The molecule has 19 heavy (non-hydrogen) atoms. The number of nitrogens with zero attached hydrogens (tertiary/aromatic N) is 1. The van der Waals surface area contributed by atoms with E-state index in [2.05, 4.69) is 61.6 Å². The first-order valence-corrected chi connectivity index (χ1v) is 7.61. The van der Waals surface area contributed by atoms with Crippen molar-refractivity contribution in [3.05, 3.63) is 35.9 Å². The summed E-state index contributed by atoms with van der Waals surface area (Å²) in [7, 11) is 4.30. The molecule has 1 fully saturated rings. The van der Waals surface area contributed by atoms with Gasteiger partial charge in [0.05, 0.1) is 0 Å². The number of likely N-dealkylation sites (N-methyl/N-ethyl adjacent to an activating group) is 1. The van der Waals surface area contributed by atoms with Gasteiger partial charge in [0.2, 0.25) is 0 Å². The van der Waals surface area contributed by atoms with E-state index in [1.54, 1.807) is 0 Å². The van der Waals surface area contributed by atoms with Gasteiger partial charge in [-0.3, -0.25) is 0 Å². The van der Waals surface area contributed by atoms with E-state index in [9.17, 15) is 0 Å². The fraction of sp³-hybridized carbons (Fsp3) is 0.647. The summed E-state index contributed by atoms with van der Waals surface area (Å²) in [5.41, 5.74) is 1.53. The summed E-state index contributed by atoms with van der Waals surface area (Å²) in [6, 6.07) is 12.4. The van der Waals surface area contributed by atoms with Crippen LogP contribution in [0, 0.1) is 0 Å². The fourth-order valence-corrected chi connectivity index (χ4v) is 2.88. The highest BCUT2D eigenvalue weighted by Gasteiger charge is 2.22. The zero-order chi connectivity index (χ0) is 13.7. The number of rotatable bonds is 5. The first-order valence-electron chi connectivity index (χ1n) is 7.61. The van der Waals surface area contributed by atoms with Crippen molar-refractivity contribution in [2.45, 2.75) is 50.6 Å². The molecule has 1 aromatic rings. The molecule has 0 radical (unpaired) electrons. The average molecular weight is 260 g/mol. The summed E-state index contributed by atoms with van der Waals surface area (Å²) in [6.45, 7) is 3.39. The molecule has 0 heterocycles. The first kappa shape index (κ1) is 14.5. The third-order valence-electron chi connectivity index (χ3n) is 4.58. The molecule has 0 amide bonds. The van der Waals surface area contributed by atoms with Gasteiger partial charge in [-0.05, 0) is 58.2 Å². The third kappa shape index (κ3) is 4.32. The maximum Gasteiger partial charge on any atom is 0.0186 e. The van der Waals surface area contributed by atoms with E-state index in [-0.39, 0.29) is 0 Å². The van der Waals surface area contributed by atoms with Gasteiger partial charge in [-0.2, -0.15) is 0 Å². The molecule has 0 aromatic heterocycles. The largest absolute Gasteiger partial charge is 0.312 e. The zero-order valence-corrected chi connectivity index (χ0v) is 12.6. The Balaban J connectivity index is 1.74. The zero-order valence-electron chi connectivity index (χ0n) is 12.6. The van der Waals surface area contributed by atoms with E-state index in [4.69, 9.17) is 0 Å². The van der Waals surface area contributed by atoms with Gasteiger partial charge < -0.3 is 10.2 Å². The minimum absolute atomic E-state index is 0.617. The number of benzene rings is 1. The molecule has 1 aliphatic carbocycles. The predicted octanol–water partition coefficient (Wildman–Crippen LogP) is 3.25. The Hall–Kier alpha value is -0.860. The first-order chi connectivity index (χ1) is 9.16. The molecule has 0 saturated heterocycles. The molecule has 0 bridgehead atoms. The minimum atomic E-state index is 0.617. The second-order valence-electron chi connectivity index (χ2n) is 6.18. The van der Waals surface area contributed by atoms with Crippen molar-refractivity contribution in [2.75, 3.05) is 20.6 Å². The van der Waals surface area contributed by atoms with Crippen LogP contribution in [0.15, 0.2) is 30.3 Å². The number of hydrogen-bond acceptors (Lipinski definition) is 2. The van der Waals surface area contributed by atoms with E-state index < -0.39 is 0 Å². The van der Waals surface area contributed by atoms with Crippen LogP contribution < -0.4 is 5.32 Å². The lowest BCUT2D eigenvalue weighted by Crippen LogP contribution is -2.41. The minimum Gasteiger partial charge on any atom is -0.312 e.